The minimum Gasteiger partial charge on any atom is -0.487 e. The molecule has 0 aliphatic rings. The molecule has 0 spiro atoms. The highest BCUT2D eigenvalue weighted by Crippen LogP contribution is 2.27. The van der Waals surface area contributed by atoms with Gasteiger partial charge in [-0.15, -0.1) is 0 Å². The van der Waals surface area contributed by atoms with Gasteiger partial charge in [0.25, 0.3) is 0 Å². The van der Waals surface area contributed by atoms with Crippen LogP contribution in [0.2, 0.25) is 10.0 Å². The molecule has 2 rings (SSSR count). The van der Waals surface area contributed by atoms with Crippen LogP contribution in [0.1, 0.15) is 11.1 Å². The molecule has 0 heterocycles. The first-order chi connectivity index (χ1) is 10.1. The topological polar surface area (TPSA) is 46.5 Å². The van der Waals surface area contributed by atoms with Gasteiger partial charge in [-0.2, -0.15) is 0 Å². The molecule has 3 nitrogen and oxygen atoms in total. The van der Waals surface area contributed by atoms with Crippen molar-refractivity contribution < 1.29 is 14.6 Å². The number of carbonyl (C=O) groups is 1. The maximum absolute atomic E-state index is 10.5. The van der Waals surface area contributed by atoms with E-state index in [4.69, 9.17) is 33.0 Å². The number of carboxylic acid groups (broad SMARTS) is 1. The number of carboxylic acids is 1. The van der Waals surface area contributed by atoms with Gasteiger partial charge in [0.2, 0.25) is 0 Å². The Labute approximate surface area is 132 Å². The molecule has 0 atom stereocenters. The van der Waals surface area contributed by atoms with E-state index in [9.17, 15) is 4.79 Å². The summed E-state index contributed by atoms with van der Waals surface area (Å²) in [7, 11) is 0. The summed E-state index contributed by atoms with van der Waals surface area (Å²) in [5, 5.41) is 9.62. The fraction of sp³-hybridized carbons (Fsp3) is 0.0625. The molecule has 5 heteroatoms. The van der Waals surface area contributed by atoms with Gasteiger partial charge in [0, 0.05) is 16.7 Å². The third kappa shape index (κ3) is 4.52. The maximum atomic E-state index is 10.5. The number of benzene rings is 2. The zero-order chi connectivity index (χ0) is 15.2. The minimum absolute atomic E-state index is 0.309. The molecule has 1 N–H and O–H groups in total. The third-order valence-electron chi connectivity index (χ3n) is 2.72. The molecule has 21 heavy (non-hydrogen) atoms. The summed E-state index contributed by atoms with van der Waals surface area (Å²) in [5.74, 6) is -0.491. The van der Waals surface area contributed by atoms with Crippen molar-refractivity contribution in [1.82, 2.24) is 0 Å². The van der Waals surface area contributed by atoms with Crippen molar-refractivity contribution >= 4 is 35.2 Å². The Hall–Kier alpha value is -1.97. The molecule has 108 valence electrons. The number of rotatable bonds is 5. The van der Waals surface area contributed by atoms with E-state index in [1.807, 2.05) is 18.2 Å². The maximum Gasteiger partial charge on any atom is 0.328 e. The molecule has 0 unspecified atom stereocenters. The van der Waals surface area contributed by atoms with Gasteiger partial charge in [0.05, 0.1) is 5.02 Å². The van der Waals surface area contributed by atoms with Gasteiger partial charge >= 0.3 is 5.97 Å². The van der Waals surface area contributed by atoms with Crippen molar-refractivity contribution in [3.8, 4) is 5.75 Å². The molecule has 2 aromatic rings. The van der Waals surface area contributed by atoms with Crippen LogP contribution in [0.25, 0.3) is 6.08 Å². The molecule has 0 aliphatic heterocycles. The predicted octanol–water partition coefficient (Wildman–Crippen LogP) is 4.67. The molecular formula is C16H12Cl2O3. The molecule has 0 aromatic heterocycles. The van der Waals surface area contributed by atoms with Gasteiger partial charge in [0.15, 0.2) is 0 Å². The van der Waals surface area contributed by atoms with Gasteiger partial charge in [-0.25, -0.2) is 4.79 Å². The van der Waals surface area contributed by atoms with Gasteiger partial charge in [0.1, 0.15) is 12.4 Å². The van der Waals surface area contributed by atoms with Crippen molar-refractivity contribution in [3.63, 3.8) is 0 Å². The summed E-state index contributed by atoms with van der Waals surface area (Å²) < 4.78 is 5.63. The first-order valence-electron chi connectivity index (χ1n) is 6.13. The molecule has 0 saturated heterocycles. The number of halogens is 2. The van der Waals surface area contributed by atoms with Crippen LogP contribution in [-0.2, 0) is 11.4 Å². The van der Waals surface area contributed by atoms with Gasteiger partial charge in [-0.05, 0) is 29.8 Å². The lowest BCUT2D eigenvalue weighted by atomic mass is 10.2. The highest BCUT2D eigenvalue weighted by atomic mass is 35.5. The number of hydrogen-bond donors (Lipinski definition) is 1. The Morgan fingerprint density at radius 1 is 1.14 bits per heavy atom. The van der Waals surface area contributed by atoms with E-state index >= 15 is 0 Å². The van der Waals surface area contributed by atoms with Crippen LogP contribution in [0.15, 0.2) is 48.5 Å². The molecular weight excluding hydrogens is 311 g/mol. The van der Waals surface area contributed by atoms with E-state index < -0.39 is 5.97 Å². The molecule has 0 fully saturated rings. The van der Waals surface area contributed by atoms with Gasteiger partial charge in [-0.3, -0.25) is 0 Å². The van der Waals surface area contributed by atoms with Crippen LogP contribution in [0.4, 0.5) is 0 Å². The smallest absolute Gasteiger partial charge is 0.328 e. The Morgan fingerprint density at radius 2 is 1.90 bits per heavy atom. The van der Waals surface area contributed by atoms with E-state index in [2.05, 4.69) is 0 Å². The first-order valence-corrected chi connectivity index (χ1v) is 6.88. The fourth-order valence-electron chi connectivity index (χ4n) is 1.68. The molecule has 0 bridgehead atoms. The van der Waals surface area contributed by atoms with Crippen LogP contribution in [0.5, 0.6) is 5.75 Å². The van der Waals surface area contributed by atoms with E-state index in [-0.39, 0.29) is 0 Å². The average molecular weight is 323 g/mol. The Kier molecular flexibility index (Phi) is 5.26. The summed E-state index contributed by atoms with van der Waals surface area (Å²) in [6.45, 7) is 0.309. The Balaban J connectivity index is 2.08. The highest BCUT2D eigenvalue weighted by Gasteiger charge is 2.05. The highest BCUT2D eigenvalue weighted by molar-refractivity contribution is 6.32. The van der Waals surface area contributed by atoms with Crippen molar-refractivity contribution in [2.45, 2.75) is 6.61 Å². The first kappa shape index (κ1) is 15.4. The molecule has 0 aliphatic carbocycles. The van der Waals surface area contributed by atoms with E-state index in [0.717, 1.165) is 11.6 Å². The summed E-state index contributed by atoms with van der Waals surface area (Å²) >= 11 is 12.2. The van der Waals surface area contributed by atoms with Crippen molar-refractivity contribution in [3.05, 3.63) is 69.7 Å². The Bertz CT molecular complexity index is 681. The van der Waals surface area contributed by atoms with Crippen molar-refractivity contribution in [1.29, 1.82) is 0 Å². The van der Waals surface area contributed by atoms with Crippen molar-refractivity contribution in [2.24, 2.45) is 0 Å². The zero-order valence-electron chi connectivity index (χ0n) is 10.9. The SMILES string of the molecule is O=C(O)/C=C/c1ccc(OCc2ccccc2Cl)c(Cl)c1. The summed E-state index contributed by atoms with van der Waals surface area (Å²) in [6.07, 6.45) is 2.52. The van der Waals surface area contributed by atoms with E-state index in [1.54, 1.807) is 24.3 Å². The lowest BCUT2D eigenvalue weighted by Gasteiger charge is -2.09. The second kappa shape index (κ2) is 7.16. The minimum atomic E-state index is -1.01. The Morgan fingerprint density at radius 3 is 2.57 bits per heavy atom. The van der Waals surface area contributed by atoms with Crippen LogP contribution in [0.3, 0.4) is 0 Å². The van der Waals surface area contributed by atoms with Gasteiger partial charge in [-0.1, -0.05) is 47.5 Å². The molecule has 0 saturated carbocycles. The predicted molar refractivity (Wildman–Crippen MR) is 83.9 cm³/mol. The molecule has 0 amide bonds. The normalized spacial score (nSPS) is 10.8. The summed E-state index contributed by atoms with van der Waals surface area (Å²) in [5.41, 5.74) is 1.55. The average Bonchev–Trinajstić information content (AvgIpc) is 2.45. The standard InChI is InChI=1S/C16H12Cl2O3/c17-13-4-2-1-3-12(13)10-21-15-7-5-11(9-14(15)18)6-8-16(19)20/h1-9H,10H2,(H,19,20)/b8-6+. The number of ether oxygens (including phenoxy) is 1. The van der Waals surface area contributed by atoms with Crippen molar-refractivity contribution in [2.75, 3.05) is 0 Å². The van der Waals surface area contributed by atoms with Gasteiger partial charge < -0.3 is 9.84 Å². The van der Waals surface area contributed by atoms with Crippen LogP contribution < -0.4 is 4.74 Å². The monoisotopic (exact) mass is 322 g/mol. The van der Waals surface area contributed by atoms with Crippen LogP contribution in [0, 0.1) is 0 Å². The van der Waals surface area contributed by atoms with Crippen LogP contribution >= 0.6 is 23.2 Å². The molecule has 0 radical (unpaired) electrons. The zero-order valence-corrected chi connectivity index (χ0v) is 12.4. The summed E-state index contributed by atoms with van der Waals surface area (Å²) in [6, 6.07) is 12.5. The number of aliphatic carboxylic acids is 1. The van der Waals surface area contributed by atoms with E-state index in [0.29, 0.717) is 28.0 Å². The summed E-state index contributed by atoms with van der Waals surface area (Å²) in [4.78, 5) is 10.5. The van der Waals surface area contributed by atoms with E-state index in [1.165, 1.54) is 6.08 Å². The molecule has 2 aromatic carbocycles. The lowest BCUT2D eigenvalue weighted by Crippen LogP contribution is -1.96. The van der Waals surface area contributed by atoms with Crippen LogP contribution in [-0.4, -0.2) is 11.1 Å². The largest absolute Gasteiger partial charge is 0.487 e. The second-order valence-corrected chi connectivity index (χ2v) is 5.06. The lowest BCUT2D eigenvalue weighted by molar-refractivity contribution is -0.131. The number of hydrogen-bond acceptors (Lipinski definition) is 2. The second-order valence-electron chi connectivity index (χ2n) is 4.24. The quantitative estimate of drug-likeness (QED) is 0.813. The fourth-order valence-corrected chi connectivity index (χ4v) is 2.11. The third-order valence-corrected chi connectivity index (χ3v) is 3.38.